The minimum absolute atomic E-state index is 0.0281. The van der Waals surface area contributed by atoms with Crippen LogP contribution >= 0.6 is 11.6 Å². The highest BCUT2D eigenvalue weighted by Crippen LogP contribution is 2.27. The lowest BCUT2D eigenvalue weighted by atomic mass is 10.0. The SMILES string of the molecule is CC(=O)NCc1cc(Cl)ccc1OCN1C[C@@H](C)N(Cc2ccc(F)cc2)C(=C=O)[C@@H]1C. The van der Waals surface area contributed by atoms with Gasteiger partial charge in [0, 0.05) is 43.2 Å². The van der Waals surface area contributed by atoms with Crippen LogP contribution in [0.25, 0.3) is 0 Å². The van der Waals surface area contributed by atoms with Gasteiger partial charge in [-0.25, -0.2) is 9.18 Å². The van der Waals surface area contributed by atoms with Crippen molar-refractivity contribution in [1.82, 2.24) is 15.1 Å². The van der Waals surface area contributed by atoms with Gasteiger partial charge in [0.05, 0.1) is 6.04 Å². The number of halogens is 2. The van der Waals surface area contributed by atoms with Crippen LogP contribution in [0.4, 0.5) is 4.39 Å². The lowest BCUT2D eigenvalue weighted by molar-refractivity contribution is -0.119. The molecule has 1 aliphatic rings. The van der Waals surface area contributed by atoms with Crippen molar-refractivity contribution in [3.05, 3.63) is 70.1 Å². The molecule has 0 aliphatic carbocycles. The van der Waals surface area contributed by atoms with E-state index in [1.165, 1.54) is 19.1 Å². The van der Waals surface area contributed by atoms with Crippen molar-refractivity contribution in [2.24, 2.45) is 0 Å². The third kappa shape index (κ3) is 5.88. The van der Waals surface area contributed by atoms with Gasteiger partial charge < -0.3 is 15.0 Å². The molecular weight excluding hydrogens is 433 g/mol. The molecule has 2 aromatic rings. The van der Waals surface area contributed by atoms with Gasteiger partial charge in [-0.05, 0) is 49.7 Å². The van der Waals surface area contributed by atoms with Crippen LogP contribution in [-0.4, -0.2) is 47.0 Å². The first-order chi connectivity index (χ1) is 15.3. The Bertz CT molecular complexity index is 1010. The van der Waals surface area contributed by atoms with Crippen LogP contribution in [0.2, 0.25) is 5.02 Å². The van der Waals surface area contributed by atoms with Crippen molar-refractivity contribution >= 4 is 23.4 Å². The fraction of sp³-hybridized carbons (Fsp3) is 0.375. The highest BCUT2D eigenvalue weighted by atomic mass is 35.5. The maximum absolute atomic E-state index is 13.2. The molecule has 0 radical (unpaired) electrons. The van der Waals surface area contributed by atoms with Crippen LogP contribution in [0.3, 0.4) is 0 Å². The summed E-state index contributed by atoms with van der Waals surface area (Å²) in [6.45, 7) is 7.16. The summed E-state index contributed by atoms with van der Waals surface area (Å²) in [6, 6.07) is 11.4. The van der Waals surface area contributed by atoms with E-state index in [-0.39, 0.29) is 30.5 Å². The molecule has 0 spiro atoms. The van der Waals surface area contributed by atoms with E-state index in [0.717, 1.165) is 11.1 Å². The lowest BCUT2D eigenvalue weighted by Crippen LogP contribution is -2.55. The largest absolute Gasteiger partial charge is 0.478 e. The van der Waals surface area contributed by atoms with Crippen molar-refractivity contribution < 1.29 is 18.7 Å². The predicted octanol–water partition coefficient (Wildman–Crippen LogP) is 3.76. The van der Waals surface area contributed by atoms with Gasteiger partial charge in [0.15, 0.2) is 0 Å². The average Bonchev–Trinajstić information content (AvgIpc) is 2.76. The molecule has 1 heterocycles. The van der Waals surface area contributed by atoms with E-state index in [1.807, 2.05) is 18.7 Å². The molecule has 0 unspecified atom stereocenters. The molecule has 8 heteroatoms. The number of piperazine rings is 1. The first-order valence-electron chi connectivity index (χ1n) is 10.4. The normalized spacial score (nSPS) is 18.9. The molecule has 2 aromatic carbocycles. The van der Waals surface area contributed by atoms with Gasteiger partial charge in [-0.3, -0.25) is 9.69 Å². The van der Waals surface area contributed by atoms with Crippen molar-refractivity contribution in [3.8, 4) is 5.75 Å². The number of rotatable bonds is 7. The van der Waals surface area contributed by atoms with E-state index in [0.29, 0.717) is 36.1 Å². The molecule has 2 atom stereocenters. The topological polar surface area (TPSA) is 61.9 Å². The number of carbonyl (C=O) groups excluding carboxylic acids is 2. The monoisotopic (exact) mass is 459 g/mol. The third-order valence-corrected chi connectivity index (χ3v) is 5.83. The van der Waals surface area contributed by atoms with Crippen molar-refractivity contribution in [2.75, 3.05) is 13.3 Å². The second-order valence-electron chi connectivity index (χ2n) is 7.97. The van der Waals surface area contributed by atoms with E-state index in [2.05, 4.69) is 16.2 Å². The number of hydrogen-bond donors (Lipinski definition) is 1. The second kappa shape index (κ2) is 10.6. The zero-order valence-corrected chi connectivity index (χ0v) is 19.2. The molecule has 6 nitrogen and oxygen atoms in total. The van der Waals surface area contributed by atoms with Gasteiger partial charge in [0.25, 0.3) is 0 Å². The Hall–Kier alpha value is -2.86. The Balaban J connectivity index is 1.70. The molecule has 1 saturated heterocycles. The average molecular weight is 460 g/mol. The number of hydrogen-bond acceptors (Lipinski definition) is 5. The highest BCUT2D eigenvalue weighted by Gasteiger charge is 2.34. The fourth-order valence-electron chi connectivity index (χ4n) is 3.78. The Labute approximate surface area is 192 Å². The van der Waals surface area contributed by atoms with Crippen LogP contribution in [0.5, 0.6) is 5.75 Å². The molecule has 1 fully saturated rings. The number of benzene rings is 2. The van der Waals surface area contributed by atoms with E-state index in [9.17, 15) is 14.0 Å². The van der Waals surface area contributed by atoms with Gasteiger partial charge in [-0.15, -0.1) is 0 Å². The van der Waals surface area contributed by atoms with Crippen LogP contribution in [0, 0.1) is 5.82 Å². The zero-order valence-electron chi connectivity index (χ0n) is 18.4. The summed E-state index contributed by atoms with van der Waals surface area (Å²) >= 11 is 6.10. The number of ether oxygens (including phenoxy) is 1. The van der Waals surface area contributed by atoms with Crippen LogP contribution in [0.1, 0.15) is 31.9 Å². The summed E-state index contributed by atoms with van der Waals surface area (Å²) in [7, 11) is 0. The smallest absolute Gasteiger partial charge is 0.217 e. The number of amides is 1. The third-order valence-electron chi connectivity index (χ3n) is 5.59. The van der Waals surface area contributed by atoms with E-state index >= 15 is 0 Å². The fourth-order valence-corrected chi connectivity index (χ4v) is 3.98. The van der Waals surface area contributed by atoms with E-state index in [1.54, 1.807) is 30.3 Å². The van der Waals surface area contributed by atoms with Gasteiger partial charge in [-0.1, -0.05) is 23.7 Å². The molecule has 32 heavy (non-hydrogen) atoms. The molecule has 1 aliphatic heterocycles. The highest BCUT2D eigenvalue weighted by molar-refractivity contribution is 6.30. The lowest BCUT2D eigenvalue weighted by Gasteiger charge is -2.45. The van der Waals surface area contributed by atoms with Gasteiger partial charge in [-0.2, -0.15) is 0 Å². The Morgan fingerprint density at radius 3 is 2.62 bits per heavy atom. The Kier molecular flexibility index (Phi) is 7.91. The maximum atomic E-state index is 13.2. The molecule has 1 amide bonds. The van der Waals surface area contributed by atoms with Crippen LogP contribution in [-0.2, 0) is 22.7 Å². The molecule has 3 rings (SSSR count). The van der Waals surface area contributed by atoms with Gasteiger partial charge >= 0.3 is 0 Å². The predicted molar refractivity (Wildman–Crippen MR) is 121 cm³/mol. The van der Waals surface area contributed by atoms with Crippen molar-refractivity contribution in [2.45, 2.75) is 45.9 Å². The molecule has 0 bridgehead atoms. The molecular formula is C24H27ClFN3O3. The van der Waals surface area contributed by atoms with Gasteiger partial charge in [0.1, 0.15) is 29.9 Å². The van der Waals surface area contributed by atoms with Gasteiger partial charge in [0.2, 0.25) is 5.91 Å². The maximum Gasteiger partial charge on any atom is 0.217 e. The molecule has 1 N–H and O–H groups in total. The summed E-state index contributed by atoms with van der Waals surface area (Å²) in [5.74, 6) is 2.29. The quantitative estimate of drug-likeness (QED) is 0.639. The molecule has 0 saturated carbocycles. The summed E-state index contributed by atoms with van der Waals surface area (Å²) in [5, 5.41) is 3.31. The van der Waals surface area contributed by atoms with E-state index < -0.39 is 0 Å². The zero-order chi connectivity index (χ0) is 23.3. The summed E-state index contributed by atoms with van der Waals surface area (Å²) in [5.41, 5.74) is 2.23. The number of carbonyl (C=O) groups is 1. The number of nitrogens with one attached hydrogen (secondary N) is 1. The molecule has 170 valence electrons. The Morgan fingerprint density at radius 1 is 1.25 bits per heavy atom. The van der Waals surface area contributed by atoms with Crippen LogP contribution < -0.4 is 10.1 Å². The minimum atomic E-state index is -0.289. The summed E-state index contributed by atoms with van der Waals surface area (Å²) in [6.07, 6.45) is 0. The standard InChI is InChI=1S/C24H27ClFN3O3/c1-16-12-28(15-32-24-9-6-21(25)10-20(24)11-27-18(3)31)17(2)23(14-30)29(16)13-19-4-7-22(26)8-5-19/h4-10,16-17H,11-13,15H2,1-3H3,(H,27,31)/t16-,17+/m1/s1. The van der Waals surface area contributed by atoms with Crippen molar-refractivity contribution in [3.63, 3.8) is 0 Å². The first kappa shape index (κ1) is 23.8. The first-order valence-corrected chi connectivity index (χ1v) is 10.8. The minimum Gasteiger partial charge on any atom is -0.478 e. The van der Waals surface area contributed by atoms with Crippen LogP contribution in [0.15, 0.2) is 48.2 Å². The summed E-state index contributed by atoms with van der Waals surface area (Å²) < 4.78 is 19.3. The van der Waals surface area contributed by atoms with E-state index in [4.69, 9.17) is 16.3 Å². The number of nitrogens with zero attached hydrogens (tertiary/aromatic N) is 2. The summed E-state index contributed by atoms with van der Waals surface area (Å²) in [4.78, 5) is 27.2. The Morgan fingerprint density at radius 2 is 1.97 bits per heavy atom. The second-order valence-corrected chi connectivity index (χ2v) is 8.41. The van der Waals surface area contributed by atoms with Crippen molar-refractivity contribution in [1.29, 1.82) is 0 Å². The molecule has 0 aromatic heterocycles.